The number of halogens is 2. The maximum Gasteiger partial charge on any atom is 0.200 e. The van der Waals surface area contributed by atoms with Crippen LogP contribution >= 0.6 is 0 Å². The van der Waals surface area contributed by atoms with Gasteiger partial charge in [-0.05, 0) is 37.8 Å². The zero-order valence-electron chi connectivity index (χ0n) is 11.6. The van der Waals surface area contributed by atoms with Crippen molar-refractivity contribution < 1.29 is 22.5 Å². The van der Waals surface area contributed by atoms with Crippen LogP contribution in [0.3, 0.4) is 0 Å². The molecule has 0 radical (unpaired) electrons. The highest BCUT2D eigenvalue weighted by Crippen LogP contribution is 2.40. The molecule has 2 atom stereocenters. The molecule has 0 aliphatic carbocycles. The molecule has 6 heteroatoms. The van der Waals surface area contributed by atoms with Crippen LogP contribution in [0.25, 0.3) is 0 Å². The van der Waals surface area contributed by atoms with E-state index in [2.05, 4.69) is 0 Å². The lowest BCUT2D eigenvalue weighted by Gasteiger charge is -2.26. The summed E-state index contributed by atoms with van der Waals surface area (Å²) >= 11 is 0. The molecule has 0 aromatic heterocycles. The molecule has 1 aromatic carbocycles. The van der Waals surface area contributed by atoms with Gasteiger partial charge in [-0.3, -0.25) is 9.00 Å². The summed E-state index contributed by atoms with van der Waals surface area (Å²) in [6.07, 6.45) is 2.93. The molecule has 2 aliphatic rings. The Hall–Kier alpha value is -1.30. The van der Waals surface area contributed by atoms with Crippen LogP contribution in [0.4, 0.5) is 8.78 Å². The Morgan fingerprint density at radius 1 is 1.24 bits per heavy atom. The fourth-order valence-electron chi connectivity index (χ4n) is 3.34. The number of Topliss-reactive ketones (excluding diaryl/α,β-unsaturated/α-hetero) is 1. The van der Waals surface area contributed by atoms with Crippen molar-refractivity contribution in [1.29, 1.82) is 0 Å². The van der Waals surface area contributed by atoms with Crippen LogP contribution < -0.4 is 4.74 Å². The zero-order chi connectivity index (χ0) is 15.1. The van der Waals surface area contributed by atoms with Gasteiger partial charge >= 0.3 is 0 Å². The van der Waals surface area contributed by atoms with Crippen molar-refractivity contribution in [1.82, 2.24) is 0 Å². The quantitative estimate of drug-likeness (QED) is 0.806. The molecule has 3 rings (SSSR count). The first kappa shape index (κ1) is 14.6. The third-order valence-corrected chi connectivity index (χ3v) is 6.60. The van der Waals surface area contributed by atoms with Crippen molar-refractivity contribution in [2.75, 3.05) is 7.11 Å². The number of rotatable bonds is 3. The number of benzene rings is 1. The number of ketones is 1. The highest BCUT2D eigenvalue weighted by Gasteiger charge is 2.43. The molecule has 0 saturated carbocycles. The van der Waals surface area contributed by atoms with E-state index < -0.39 is 22.4 Å². The summed E-state index contributed by atoms with van der Waals surface area (Å²) in [6.45, 7) is 0. The third kappa shape index (κ3) is 2.50. The molecule has 0 N–H and O–H groups in total. The van der Waals surface area contributed by atoms with E-state index in [4.69, 9.17) is 4.74 Å². The fourth-order valence-corrected chi connectivity index (χ4v) is 5.46. The molecule has 2 aliphatic heterocycles. The first-order valence-corrected chi connectivity index (χ1v) is 8.25. The maximum absolute atomic E-state index is 13.5. The predicted octanol–water partition coefficient (Wildman–Crippen LogP) is 2.85. The van der Waals surface area contributed by atoms with E-state index in [1.807, 2.05) is 0 Å². The number of hydrogen-bond acceptors (Lipinski definition) is 3. The molecule has 0 spiro atoms. The number of fused-ring (bicyclic) bond motifs is 2. The molecular weight excluding hydrogens is 298 g/mol. The summed E-state index contributed by atoms with van der Waals surface area (Å²) in [6, 6.07) is 2.17. The molecule has 1 aromatic rings. The molecular formula is C15H16F2O3S. The number of methoxy groups -OCH3 is 1. The third-order valence-electron chi connectivity index (χ3n) is 4.43. The predicted molar refractivity (Wildman–Crippen MR) is 74.9 cm³/mol. The van der Waals surface area contributed by atoms with Gasteiger partial charge in [0.1, 0.15) is 0 Å². The topological polar surface area (TPSA) is 43.4 Å². The van der Waals surface area contributed by atoms with E-state index in [0.29, 0.717) is 12.8 Å². The monoisotopic (exact) mass is 314 g/mol. The summed E-state index contributed by atoms with van der Waals surface area (Å²) in [5.41, 5.74) is 0.128. The number of carbonyl (C=O) groups excluding carboxylic acids is 1. The van der Waals surface area contributed by atoms with E-state index in [1.54, 1.807) is 0 Å². The smallest absolute Gasteiger partial charge is 0.200 e. The number of carbonyl (C=O) groups is 1. The van der Waals surface area contributed by atoms with Gasteiger partial charge in [0.2, 0.25) is 5.82 Å². The van der Waals surface area contributed by atoms with Crippen LogP contribution in [0.1, 0.15) is 36.0 Å². The van der Waals surface area contributed by atoms with Crippen LogP contribution in [0.5, 0.6) is 5.75 Å². The van der Waals surface area contributed by atoms with Crippen molar-refractivity contribution in [2.24, 2.45) is 5.92 Å². The van der Waals surface area contributed by atoms with Crippen molar-refractivity contribution in [3.63, 3.8) is 0 Å². The lowest BCUT2D eigenvalue weighted by atomic mass is 9.90. The van der Waals surface area contributed by atoms with Crippen LogP contribution in [-0.4, -0.2) is 27.6 Å². The Labute approximate surface area is 124 Å². The maximum atomic E-state index is 13.5. The fraction of sp³-hybridized carbons (Fsp3) is 0.533. The van der Waals surface area contributed by atoms with Gasteiger partial charge in [-0.2, -0.15) is 4.39 Å². The number of hydrogen-bond donors (Lipinski definition) is 0. The Kier molecular flexibility index (Phi) is 3.82. The minimum absolute atomic E-state index is 0.0740. The minimum atomic E-state index is -1.08. The van der Waals surface area contributed by atoms with Crippen LogP contribution in [0.15, 0.2) is 12.1 Å². The summed E-state index contributed by atoms with van der Waals surface area (Å²) in [7, 11) is 0.395. The average Bonchev–Trinajstić information content (AvgIpc) is 2.70. The first-order chi connectivity index (χ1) is 10.0. The molecule has 2 fully saturated rings. The Morgan fingerprint density at radius 3 is 2.43 bits per heavy atom. The van der Waals surface area contributed by atoms with E-state index in [1.165, 1.54) is 13.2 Å². The van der Waals surface area contributed by atoms with Gasteiger partial charge in [0.15, 0.2) is 17.3 Å². The standard InChI is InChI=1S/C15H16F2O3S/c1-20-13-7-9(6-12(16)14(13)17)15(18)8-4-10-2-3-11(5-8)21(10)19/h6-8,10-11H,2-5H2,1H3. The highest BCUT2D eigenvalue weighted by atomic mass is 32.2. The second kappa shape index (κ2) is 5.48. The normalized spacial score (nSPS) is 31.2. The van der Waals surface area contributed by atoms with Gasteiger partial charge in [0.05, 0.1) is 7.11 Å². The zero-order valence-corrected chi connectivity index (χ0v) is 12.4. The lowest BCUT2D eigenvalue weighted by Crippen LogP contribution is -2.32. The molecule has 2 saturated heterocycles. The molecule has 114 valence electrons. The van der Waals surface area contributed by atoms with E-state index in [0.717, 1.165) is 18.9 Å². The minimum Gasteiger partial charge on any atom is -0.494 e. The van der Waals surface area contributed by atoms with Gasteiger partial charge in [-0.25, -0.2) is 4.39 Å². The van der Waals surface area contributed by atoms with E-state index >= 15 is 0 Å². The van der Waals surface area contributed by atoms with Crippen molar-refractivity contribution in [3.8, 4) is 5.75 Å². The van der Waals surface area contributed by atoms with E-state index in [-0.39, 0.29) is 33.5 Å². The summed E-state index contributed by atoms with van der Waals surface area (Å²) in [4.78, 5) is 12.5. The molecule has 2 heterocycles. The second-order valence-corrected chi connectivity index (χ2v) is 7.65. The van der Waals surface area contributed by atoms with Gasteiger partial charge in [-0.1, -0.05) is 0 Å². The Balaban J connectivity index is 1.86. The van der Waals surface area contributed by atoms with Gasteiger partial charge in [0.25, 0.3) is 0 Å². The molecule has 3 nitrogen and oxygen atoms in total. The molecule has 21 heavy (non-hydrogen) atoms. The van der Waals surface area contributed by atoms with Gasteiger partial charge in [-0.15, -0.1) is 0 Å². The molecule has 2 bridgehead atoms. The van der Waals surface area contributed by atoms with Gasteiger partial charge in [0, 0.05) is 32.8 Å². The highest BCUT2D eigenvalue weighted by molar-refractivity contribution is 7.86. The Morgan fingerprint density at radius 2 is 1.86 bits per heavy atom. The average molecular weight is 314 g/mol. The van der Waals surface area contributed by atoms with Crippen molar-refractivity contribution in [2.45, 2.75) is 36.2 Å². The van der Waals surface area contributed by atoms with Crippen molar-refractivity contribution in [3.05, 3.63) is 29.3 Å². The largest absolute Gasteiger partial charge is 0.494 e. The van der Waals surface area contributed by atoms with E-state index in [9.17, 15) is 17.8 Å². The summed E-state index contributed by atoms with van der Waals surface area (Å²) in [5.74, 6) is -2.89. The summed E-state index contributed by atoms with van der Waals surface area (Å²) in [5, 5.41) is 0.148. The molecule has 0 amide bonds. The SMILES string of the molecule is COc1cc(C(=O)C2CC3CCC(C2)S3=O)cc(F)c1F. The summed E-state index contributed by atoms with van der Waals surface area (Å²) < 4.78 is 43.7. The van der Waals surface area contributed by atoms with Crippen LogP contribution in [-0.2, 0) is 10.8 Å². The van der Waals surface area contributed by atoms with Crippen LogP contribution in [0, 0.1) is 17.6 Å². The Bertz CT molecular complexity index is 601. The first-order valence-electron chi connectivity index (χ1n) is 6.98. The molecule has 2 unspecified atom stereocenters. The number of ether oxygens (including phenoxy) is 1. The second-order valence-electron chi connectivity index (χ2n) is 5.66. The van der Waals surface area contributed by atoms with Gasteiger partial charge < -0.3 is 4.74 Å². The lowest BCUT2D eigenvalue weighted by molar-refractivity contribution is 0.0905. The van der Waals surface area contributed by atoms with Crippen LogP contribution in [0.2, 0.25) is 0 Å². The van der Waals surface area contributed by atoms with Crippen molar-refractivity contribution >= 4 is 16.6 Å².